The van der Waals surface area contributed by atoms with Crippen LogP contribution in [0.5, 0.6) is 0 Å². The number of rotatable bonds is 1. The fourth-order valence-electron chi connectivity index (χ4n) is 0.468. The summed E-state index contributed by atoms with van der Waals surface area (Å²) in [5, 5.41) is 2.56. The number of hydrogen-bond acceptors (Lipinski definition) is 1. The van der Waals surface area contributed by atoms with Crippen molar-refractivity contribution < 1.29 is 4.79 Å². The minimum atomic E-state index is 0.153. The van der Waals surface area contributed by atoms with Gasteiger partial charge in [0.2, 0.25) is 5.91 Å². The van der Waals surface area contributed by atoms with Gasteiger partial charge in [0.15, 0.2) is 0 Å². The zero-order valence-electron chi connectivity index (χ0n) is 4.27. The summed E-state index contributed by atoms with van der Waals surface area (Å²) in [5.41, 5.74) is 0. The van der Waals surface area contributed by atoms with Crippen molar-refractivity contribution >= 4 is 5.91 Å². The molecule has 2 nitrogen and oxygen atoms in total. The molecule has 39 valence electrons. The van der Waals surface area contributed by atoms with Crippen LogP contribution in [0.2, 0.25) is 0 Å². The largest absolute Gasteiger partial charge is 0.359 e. The predicted molar refractivity (Wildman–Crippen MR) is 26.5 cm³/mol. The van der Waals surface area contributed by atoms with Crippen molar-refractivity contribution in [3.05, 3.63) is 6.42 Å². The van der Waals surface area contributed by atoms with Crippen molar-refractivity contribution in [3.63, 3.8) is 0 Å². The molecular formula is C5H8NO. The Hall–Kier alpha value is -0.530. The number of carbonyl (C=O) groups is 1. The number of amides is 1. The minimum Gasteiger partial charge on any atom is -0.359 e. The van der Waals surface area contributed by atoms with Crippen molar-refractivity contribution in [2.45, 2.75) is 6.42 Å². The van der Waals surface area contributed by atoms with E-state index in [1.165, 1.54) is 0 Å². The summed E-state index contributed by atoms with van der Waals surface area (Å²) in [6.07, 6.45) is 2.96. The van der Waals surface area contributed by atoms with Gasteiger partial charge in [0, 0.05) is 13.0 Å². The first-order valence-corrected chi connectivity index (χ1v) is 2.39. The van der Waals surface area contributed by atoms with Crippen molar-refractivity contribution in [1.29, 1.82) is 0 Å². The molecule has 0 aromatic carbocycles. The predicted octanol–water partition coefficient (Wildman–Crippen LogP) is -0.0434. The SMILES string of the molecule is CNC(=O)C1[CH]C1. The van der Waals surface area contributed by atoms with Gasteiger partial charge in [-0.05, 0) is 12.8 Å². The van der Waals surface area contributed by atoms with Crippen LogP contribution in [-0.2, 0) is 4.79 Å². The van der Waals surface area contributed by atoms with Gasteiger partial charge in [0.25, 0.3) is 0 Å². The molecule has 1 aliphatic carbocycles. The number of nitrogens with one attached hydrogen (secondary N) is 1. The van der Waals surface area contributed by atoms with E-state index in [2.05, 4.69) is 5.32 Å². The van der Waals surface area contributed by atoms with Gasteiger partial charge in [-0.1, -0.05) is 0 Å². The Labute approximate surface area is 42.9 Å². The highest BCUT2D eigenvalue weighted by Gasteiger charge is 2.28. The maximum absolute atomic E-state index is 10.4. The molecule has 1 amide bonds. The Bertz CT molecular complexity index is 86.1. The molecule has 7 heavy (non-hydrogen) atoms. The molecule has 1 atom stereocenters. The van der Waals surface area contributed by atoms with Crippen molar-refractivity contribution in [3.8, 4) is 0 Å². The van der Waals surface area contributed by atoms with Gasteiger partial charge in [0.1, 0.15) is 0 Å². The van der Waals surface area contributed by atoms with Gasteiger partial charge in [-0.25, -0.2) is 0 Å². The van der Waals surface area contributed by atoms with Crippen LogP contribution >= 0.6 is 0 Å². The molecule has 0 saturated heterocycles. The molecule has 1 radical (unpaired) electrons. The van der Waals surface area contributed by atoms with E-state index in [1.807, 2.05) is 6.42 Å². The van der Waals surface area contributed by atoms with Crippen LogP contribution in [0.4, 0.5) is 0 Å². The first kappa shape index (κ1) is 4.62. The highest BCUT2D eigenvalue weighted by molar-refractivity contribution is 5.82. The maximum atomic E-state index is 10.4. The van der Waals surface area contributed by atoms with E-state index in [1.54, 1.807) is 7.05 Å². The van der Waals surface area contributed by atoms with Crippen molar-refractivity contribution in [2.75, 3.05) is 7.05 Å². The molecule has 0 spiro atoms. The molecule has 1 fully saturated rings. The van der Waals surface area contributed by atoms with Crippen LogP contribution in [0.1, 0.15) is 6.42 Å². The highest BCUT2D eigenvalue weighted by atomic mass is 16.1. The van der Waals surface area contributed by atoms with Crippen LogP contribution in [-0.4, -0.2) is 13.0 Å². The van der Waals surface area contributed by atoms with E-state index in [4.69, 9.17) is 0 Å². The summed E-state index contributed by atoms with van der Waals surface area (Å²) < 4.78 is 0. The standard InChI is InChI=1S/C5H8NO/c1-6-5(7)4-2-3-4/h2,4H,3H2,1H3,(H,6,7). The van der Waals surface area contributed by atoms with Gasteiger partial charge < -0.3 is 5.32 Å². The average molecular weight is 98.1 g/mol. The Morgan fingerprint density at radius 2 is 2.57 bits per heavy atom. The summed E-state index contributed by atoms with van der Waals surface area (Å²) in [5.74, 6) is 0.394. The van der Waals surface area contributed by atoms with Gasteiger partial charge in [-0.3, -0.25) is 4.79 Å². The van der Waals surface area contributed by atoms with E-state index >= 15 is 0 Å². The molecule has 1 N–H and O–H groups in total. The van der Waals surface area contributed by atoms with Crippen LogP contribution in [0.15, 0.2) is 0 Å². The first-order valence-electron chi connectivity index (χ1n) is 2.39. The van der Waals surface area contributed by atoms with E-state index < -0.39 is 0 Å². The molecular weight excluding hydrogens is 90.1 g/mol. The molecule has 1 saturated carbocycles. The van der Waals surface area contributed by atoms with Crippen LogP contribution in [0.25, 0.3) is 0 Å². The summed E-state index contributed by atoms with van der Waals surface area (Å²) in [7, 11) is 1.66. The Morgan fingerprint density at radius 1 is 2.00 bits per heavy atom. The number of hydrogen-bond donors (Lipinski definition) is 1. The van der Waals surface area contributed by atoms with E-state index in [9.17, 15) is 4.79 Å². The topological polar surface area (TPSA) is 29.1 Å². The number of carbonyl (C=O) groups excluding carboxylic acids is 1. The third-order valence-corrected chi connectivity index (χ3v) is 1.05. The molecule has 1 rings (SSSR count). The zero-order valence-corrected chi connectivity index (χ0v) is 4.27. The quantitative estimate of drug-likeness (QED) is 0.489. The second kappa shape index (κ2) is 1.52. The Balaban J connectivity index is 2.24. The molecule has 0 heterocycles. The van der Waals surface area contributed by atoms with Gasteiger partial charge >= 0.3 is 0 Å². The monoisotopic (exact) mass is 98.1 g/mol. The smallest absolute Gasteiger partial charge is 0.223 e. The van der Waals surface area contributed by atoms with Gasteiger partial charge in [0.05, 0.1) is 0 Å². The van der Waals surface area contributed by atoms with Crippen LogP contribution < -0.4 is 5.32 Å². The van der Waals surface area contributed by atoms with Gasteiger partial charge in [-0.2, -0.15) is 0 Å². The zero-order chi connectivity index (χ0) is 5.28. The van der Waals surface area contributed by atoms with Crippen LogP contribution in [0, 0.1) is 12.3 Å². The first-order chi connectivity index (χ1) is 3.34. The third-order valence-electron chi connectivity index (χ3n) is 1.05. The second-order valence-corrected chi connectivity index (χ2v) is 1.69. The molecule has 2 heteroatoms. The lowest BCUT2D eigenvalue weighted by Gasteiger charge is -1.89. The molecule has 1 aliphatic rings. The van der Waals surface area contributed by atoms with E-state index in [0.717, 1.165) is 6.42 Å². The lowest BCUT2D eigenvalue weighted by molar-refractivity contribution is -0.121. The Morgan fingerprint density at radius 3 is 2.71 bits per heavy atom. The third kappa shape index (κ3) is 0.918. The molecule has 1 unspecified atom stereocenters. The summed E-state index contributed by atoms with van der Waals surface area (Å²) in [4.78, 5) is 10.4. The lowest BCUT2D eigenvalue weighted by Crippen LogP contribution is -2.19. The molecule has 0 aromatic rings. The molecule has 0 aliphatic heterocycles. The molecule has 0 bridgehead atoms. The fourth-order valence-corrected chi connectivity index (χ4v) is 0.468. The summed E-state index contributed by atoms with van der Waals surface area (Å²) in [6, 6.07) is 0. The second-order valence-electron chi connectivity index (χ2n) is 1.69. The minimum absolute atomic E-state index is 0.153. The highest BCUT2D eigenvalue weighted by Crippen LogP contribution is 2.26. The maximum Gasteiger partial charge on any atom is 0.223 e. The Kier molecular flexibility index (Phi) is 1.01. The van der Waals surface area contributed by atoms with Gasteiger partial charge in [-0.15, -0.1) is 0 Å². The molecule has 0 aromatic heterocycles. The van der Waals surface area contributed by atoms with E-state index in [-0.39, 0.29) is 11.8 Å². The van der Waals surface area contributed by atoms with E-state index in [0.29, 0.717) is 0 Å². The summed E-state index contributed by atoms with van der Waals surface area (Å²) >= 11 is 0. The summed E-state index contributed by atoms with van der Waals surface area (Å²) in [6.45, 7) is 0. The fraction of sp³-hybridized carbons (Fsp3) is 0.600. The van der Waals surface area contributed by atoms with Crippen molar-refractivity contribution in [2.24, 2.45) is 5.92 Å². The normalized spacial score (nSPS) is 19.0. The average Bonchev–Trinajstić information content (AvgIpc) is 2.44. The van der Waals surface area contributed by atoms with Crippen molar-refractivity contribution in [1.82, 2.24) is 5.32 Å². The lowest BCUT2D eigenvalue weighted by atomic mass is 10.4. The van der Waals surface area contributed by atoms with Crippen LogP contribution in [0.3, 0.4) is 0 Å².